The van der Waals surface area contributed by atoms with Crippen LogP contribution in [0.4, 0.5) is 4.79 Å². The average Bonchev–Trinajstić information content (AvgIpc) is 2.63. The topological polar surface area (TPSA) is 47.1 Å². The highest BCUT2D eigenvalue weighted by Gasteiger charge is 2.43. The maximum Gasteiger partial charge on any atom is 0.320 e. The van der Waals surface area contributed by atoms with Crippen molar-refractivity contribution in [3.05, 3.63) is 0 Å². The number of rotatable bonds is 3. The molecule has 3 saturated heterocycles. The van der Waals surface area contributed by atoms with Gasteiger partial charge in [0.15, 0.2) is 0 Å². The van der Waals surface area contributed by atoms with Crippen molar-refractivity contribution in [2.75, 3.05) is 59.4 Å². The molecule has 0 aromatic heterocycles. The van der Waals surface area contributed by atoms with Gasteiger partial charge in [-0.2, -0.15) is 0 Å². The maximum atomic E-state index is 13.0. The van der Waals surface area contributed by atoms with Crippen LogP contribution in [0.2, 0.25) is 0 Å². The van der Waals surface area contributed by atoms with E-state index in [-0.39, 0.29) is 11.4 Å². The third-order valence-corrected chi connectivity index (χ3v) is 6.43. The Kier molecular flexibility index (Phi) is 6.10. The Morgan fingerprint density at radius 2 is 1.77 bits per heavy atom. The van der Waals surface area contributed by atoms with Crippen LogP contribution in [-0.2, 0) is 4.79 Å². The van der Waals surface area contributed by atoms with Crippen molar-refractivity contribution in [2.24, 2.45) is 11.3 Å². The summed E-state index contributed by atoms with van der Waals surface area (Å²) in [6, 6.07) is 0.211. The first-order chi connectivity index (χ1) is 12.4. The molecule has 1 atom stereocenters. The molecule has 0 radical (unpaired) electrons. The number of hydrogen-bond donors (Lipinski definition) is 0. The van der Waals surface area contributed by atoms with Crippen molar-refractivity contribution in [1.82, 2.24) is 19.6 Å². The minimum Gasteiger partial charge on any atom is -0.342 e. The molecule has 6 heteroatoms. The van der Waals surface area contributed by atoms with Crippen LogP contribution in [0.3, 0.4) is 0 Å². The lowest BCUT2D eigenvalue weighted by atomic mass is 9.73. The van der Waals surface area contributed by atoms with Gasteiger partial charge in [-0.3, -0.25) is 4.79 Å². The highest BCUT2D eigenvalue weighted by atomic mass is 16.2. The molecule has 0 N–H and O–H groups in total. The van der Waals surface area contributed by atoms with Crippen molar-refractivity contribution in [3.8, 4) is 0 Å². The number of likely N-dealkylation sites (N-methyl/N-ethyl adjacent to an activating group) is 1. The van der Waals surface area contributed by atoms with Crippen LogP contribution >= 0.6 is 0 Å². The fourth-order valence-electron chi connectivity index (χ4n) is 4.62. The van der Waals surface area contributed by atoms with Gasteiger partial charge in [0, 0.05) is 64.2 Å². The van der Waals surface area contributed by atoms with E-state index in [2.05, 4.69) is 35.6 Å². The van der Waals surface area contributed by atoms with E-state index in [9.17, 15) is 9.59 Å². The maximum absolute atomic E-state index is 13.0. The number of piperazine rings is 1. The monoisotopic (exact) mass is 364 g/mol. The van der Waals surface area contributed by atoms with Crippen molar-refractivity contribution < 1.29 is 9.59 Å². The minimum atomic E-state index is 0.116. The van der Waals surface area contributed by atoms with Gasteiger partial charge in [0.1, 0.15) is 0 Å². The first-order valence-electron chi connectivity index (χ1n) is 10.4. The summed E-state index contributed by atoms with van der Waals surface area (Å²) in [4.78, 5) is 33.8. The number of carbonyl (C=O) groups excluding carboxylic acids is 2. The molecule has 3 heterocycles. The summed E-state index contributed by atoms with van der Waals surface area (Å²) in [6.07, 6.45) is 4.85. The van der Waals surface area contributed by atoms with Gasteiger partial charge in [-0.25, -0.2) is 4.79 Å². The van der Waals surface area contributed by atoms with Crippen LogP contribution in [0, 0.1) is 11.3 Å². The van der Waals surface area contributed by atoms with Crippen LogP contribution in [0.25, 0.3) is 0 Å². The summed E-state index contributed by atoms with van der Waals surface area (Å²) in [7, 11) is 2.11. The van der Waals surface area contributed by atoms with Crippen LogP contribution in [0.1, 0.15) is 46.0 Å². The number of likely N-dealkylation sites (tertiary alicyclic amines) is 2. The molecule has 0 aliphatic carbocycles. The minimum absolute atomic E-state index is 0.116. The van der Waals surface area contributed by atoms with Gasteiger partial charge in [0.25, 0.3) is 0 Å². The molecule has 26 heavy (non-hydrogen) atoms. The normalized spacial score (nSPS) is 28.3. The third-order valence-electron chi connectivity index (χ3n) is 6.43. The SMILES string of the molecule is CC(C)CCN1C[C@@]2(CCCN(C(=O)N3CCN(C)CC3)C2)CCC1=O. The molecule has 3 rings (SSSR count). The Morgan fingerprint density at radius 3 is 2.46 bits per heavy atom. The van der Waals surface area contributed by atoms with Gasteiger partial charge < -0.3 is 19.6 Å². The summed E-state index contributed by atoms with van der Waals surface area (Å²) in [6.45, 7) is 11.4. The van der Waals surface area contributed by atoms with Gasteiger partial charge in [0.05, 0.1) is 0 Å². The summed E-state index contributed by atoms with van der Waals surface area (Å²) >= 11 is 0. The average molecular weight is 365 g/mol. The first-order valence-corrected chi connectivity index (χ1v) is 10.4. The smallest absolute Gasteiger partial charge is 0.320 e. The quantitative estimate of drug-likeness (QED) is 0.771. The van der Waals surface area contributed by atoms with E-state index in [1.54, 1.807) is 0 Å². The molecule has 0 aromatic rings. The molecule has 0 saturated carbocycles. The van der Waals surface area contributed by atoms with E-state index in [4.69, 9.17) is 0 Å². The molecule has 3 aliphatic rings. The lowest BCUT2D eigenvalue weighted by Crippen LogP contribution is -2.58. The number of amides is 3. The van der Waals surface area contributed by atoms with E-state index in [0.717, 1.165) is 78.0 Å². The fourth-order valence-corrected chi connectivity index (χ4v) is 4.62. The molecule has 3 aliphatic heterocycles. The third kappa shape index (κ3) is 4.51. The van der Waals surface area contributed by atoms with Gasteiger partial charge >= 0.3 is 6.03 Å². The Labute approximate surface area is 158 Å². The molecule has 6 nitrogen and oxygen atoms in total. The zero-order chi connectivity index (χ0) is 18.7. The molecule has 3 amide bonds. The number of urea groups is 1. The molecule has 3 fully saturated rings. The van der Waals surface area contributed by atoms with Crippen molar-refractivity contribution in [2.45, 2.75) is 46.0 Å². The number of piperidine rings is 2. The van der Waals surface area contributed by atoms with Gasteiger partial charge in [-0.05, 0) is 38.6 Å². The van der Waals surface area contributed by atoms with Crippen LogP contribution in [-0.4, -0.2) is 90.9 Å². The van der Waals surface area contributed by atoms with Gasteiger partial charge in [-0.15, -0.1) is 0 Å². The Bertz CT molecular complexity index is 516. The number of hydrogen-bond acceptors (Lipinski definition) is 3. The van der Waals surface area contributed by atoms with E-state index in [0.29, 0.717) is 18.2 Å². The highest BCUT2D eigenvalue weighted by Crippen LogP contribution is 2.39. The second-order valence-corrected chi connectivity index (χ2v) is 9.10. The molecular formula is C20H36N4O2. The van der Waals surface area contributed by atoms with Gasteiger partial charge in [-0.1, -0.05) is 13.8 Å². The molecule has 0 bridgehead atoms. The predicted molar refractivity (Wildman–Crippen MR) is 103 cm³/mol. The molecular weight excluding hydrogens is 328 g/mol. The lowest BCUT2D eigenvalue weighted by molar-refractivity contribution is -0.139. The molecule has 1 spiro atoms. The fraction of sp³-hybridized carbons (Fsp3) is 0.900. The van der Waals surface area contributed by atoms with Crippen LogP contribution < -0.4 is 0 Å². The summed E-state index contributed by atoms with van der Waals surface area (Å²) in [5, 5.41) is 0. The first kappa shape index (κ1) is 19.5. The largest absolute Gasteiger partial charge is 0.342 e. The second kappa shape index (κ2) is 8.15. The van der Waals surface area contributed by atoms with Gasteiger partial charge in [0.2, 0.25) is 5.91 Å². The zero-order valence-corrected chi connectivity index (χ0v) is 16.9. The van der Waals surface area contributed by atoms with E-state index in [1.807, 2.05) is 4.90 Å². The van der Waals surface area contributed by atoms with Crippen molar-refractivity contribution in [1.29, 1.82) is 0 Å². The molecule has 0 aromatic carbocycles. The standard InChI is InChI=1S/C20H36N4O2/c1-17(2)6-10-23-15-20(8-5-18(23)25)7-4-9-24(16-20)19(26)22-13-11-21(3)12-14-22/h17H,4-16H2,1-3H3/t20-/m1/s1. The van der Waals surface area contributed by atoms with Crippen molar-refractivity contribution >= 4 is 11.9 Å². The second-order valence-electron chi connectivity index (χ2n) is 9.10. The lowest BCUT2D eigenvalue weighted by Gasteiger charge is -2.49. The molecule has 148 valence electrons. The Hall–Kier alpha value is -1.30. The highest BCUT2D eigenvalue weighted by molar-refractivity contribution is 5.77. The number of carbonyl (C=O) groups is 2. The molecule has 0 unspecified atom stereocenters. The van der Waals surface area contributed by atoms with E-state index < -0.39 is 0 Å². The van der Waals surface area contributed by atoms with Crippen LogP contribution in [0.15, 0.2) is 0 Å². The summed E-state index contributed by atoms with van der Waals surface area (Å²) < 4.78 is 0. The Morgan fingerprint density at radius 1 is 1.04 bits per heavy atom. The Balaban J connectivity index is 1.61. The van der Waals surface area contributed by atoms with E-state index in [1.165, 1.54) is 0 Å². The van der Waals surface area contributed by atoms with Crippen molar-refractivity contribution in [3.63, 3.8) is 0 Å². The zero-order valence-electron chi connectivity index (χ0n) is 16.9. The summed E-state index contributed by atoms with van der Waals surface area (Å²) in [5.41, 5.74) is 0.116. The summed E-state index contributed by atoms with van der Waals surface area (Å²) in [5.74, 6) is 0.918. The van der Waals surface area contributed by atoms with Crippen LogP contribution in [0.5, 0.6) is 0 Å². The van der Waals surface area contributed by atoms with E-state index >= 15 is 0 Å². The number of nitrogens with zero attached hydrogens (tertiary/aromatic N) is 4. The predicted octanol–water partition coefficient (Wildman–Crippen LogP) is 2.10.